The zero-order chi connectivity index (χ0) is 13.0. The second-order valence-electron chi connectivity index (χ2n) is 4.11. The molecule has 1 atom stereocenters. The standard InChI is InChI=1S/C15H13FO2/c16-13-8-6-12(7-9-13)14(15(17)18)10-11-4-2-1-3-5-11/h1-9,14H,10H2,(H,17,18)/p-1. The summed E-state index contributed by atoms with van der Waals surface area (Å²) in [5, 5.41) is 11.2. The Morgan fingerprint density at radius 2 is 1.67 bits per heavy atom. The third-order valence-electron chi connectivity index (χ3n) is 2.84. The Kier molecular flexibility index (Phi) is 3.72. The smallest absolute Gasteiger partial charge is 0.123 e. The van der Waals surface area contributed by atoms with E-state index in [1.165, 1.54) is 24.3 Å². The lowest BCUT2D eigenvalue weighted by Crippen LogP contribution is -2.31. The molecule has 2 aromatic carbocycles. The van der Waals surface area contributed by atoms with Crippen LogP contribution in [0, 0.1) is 5.82 Å². The number of carbonyl (C=O) groups excluding carboxylic acids is 1. The van der Waals surface area contributed by atoms with Crippen LogP contribution >= 0.6 is 0 Å². The first-order chi connectivity index (χ1) is 8.66. The molecule has 18 heavy (non-hydrogen) atoms. The number of rotatable bonds is 4. The average Bonchev–Trinajstić information content (AvgIpc) is 2.38. The first-order valence-corrected chi connectivity index (χ1v) is 5.67. The summed E-state index contributed by atoms with van der Waals surface area (Å²) in [5.74, 6) is -2.28. The summed E-state index contributed by atoms with van der Waals surface area (Å²) < 4.78 is 12.8. The molecule has 2 nitrogen and oxygen atoms in total. The van der Waals surface area contributed by atoms with E-state index in [9.17, 15) is 14.3 Å². The van der Waals surface area contributed by atoms with Gasteiger partial charge in [-0.3, -0.25) is 0 Å². The molecule has 0 amide bonds. The third kappa shape index (κ3) is 2.94. The van der Waals surface area contributed by atoms with E-state index in [-0.39, 0.29) is 5.82 Å². The van der Waals surface area contributed by atoms with Gasteiger partial charge in [-0.1, -0.05) is 42.5 Å². The molecule has 0 aliphatic carbocycles. The Bertz CT molecular complexity index is 520. The topological polar surface area (TPSA) is 40.1 Å². The van der Waals surface area contributed by atoms with Crippen LogP contribution in [0.25, 0.3) is 0 Å². The predicted octanol–water partition coefficient (Wildman–Crippen LogP) is 1.90. The SMILES string of the molecule is O=C([O-])C(Cc1ccccc1)c1ccc(F)cc1. The lowest BCUT2D eigenvalue weighted by Gasteiger charge is -2.18. The highest BCUT2D eigenvalue weighted by molar-refractivity contribution is 5.74. The Morgan fingerprint density at radius 3 is 2.22 bits per heavy atom. The van der Waals surface area contributed by atoms with Crippen molar-refractivity contribution in [1.29, 1.82) is 0 Å². The van der Waals surface area contributed by atoms with Crippen molar-refractivity contribution in [3.63, 3.8) is 0 Å². The Balaban J connectivity index is 2.24. The van der Waals surface area contributed by atoms with E-state index in [1.54, 1.807) is 0 Å². The molecule has 0 radical (unpaired) electrons. The molecule has 0 saturated carbocycles. The van der Waals surface area contributed by atoms with E-state index < -0.39 is 11.9 Å². The lowest BCUT2D eigenvalue weighted by molar-refractivity contribution is -0.308. The van der Waals surface area contributed by atoms with Crippen LogP contribution in [0.15, 0.2) is 54.6 Å². The maximum atomic E-state index is 12.8. The molecule has 0 N–H and O–H groups in total. The number of benzene rings is 2. The zero-order valence-corrected chi connectivity index (χ0v) is 9.68. The summed E-state index contributed by atoms with van der Waals surface area (Å²) in [6, 6.07) is 14.8. The quantitative estimate of drug-likeness (QED) is 0.822. The van der Waals surface area contributed by atoms with Crippen molar-refractivity contribution >= 4 is 5.97 Å². The predicted molar refractivity (Wildman–Crippen MR) is 64.3 cm³/mol. The highest BCUT2D eigenvalue weighted by Gasteiger charge is 2.13. The summed E-state index contributed by atoms with van der Waals surface area (Å²) in [6.45, 7) is 0. The van der Waals surface area contributed by atoms with Crippen LogP contribution in [0.5, 0.6) is 0 Å². The summed E-state index contributed by atoms with van der Waals surface area (Å²) >= 11 is 0. The Morgan fingerprint density at radius 1 is 1.06 bits per heavy atom. The number of carboxylic acid groups (broad SMARTS) is 1. The molecule has 2 rings (SSSR count). The number of halogens is 1. The number of carbonyl (C=O) groups is 1. The van der Waals surface area contributed by atoms with Gasteiger partial charge in [0.05, 0.1) is 0 Å². The van der Waals surface area contributed by atoms with Gasteiger partial charge in [-0.25, -0.2) is 4.39 Å². The van der Waals surface area contributed by atoms with Crippen LogP contribution in [-0.4, -0.2) is 5.97 Å². The second-order valence-corrected chi connectivity index (χ2v) is 4.11. The van der Waals surface area contributed by atoms with Gasteiger partial charge in [0, 0.05) is 11.9 Å². The lowest BCUT2D eigenvalue weighted by atomic mass is 9.92. The molecule has 0 heterocycles. The van der Waals surface area contributed by atoms with E-state index in [4.69, 9.17) is 0 Å². The molecule has 0 spiro atoms. The molecule has 2 aromatic rings. The van der Waals surface area contributed by atoms with E-state index in [0.717, 1.165) is 5.56 Å². The second kappa shape index (κ2) is 5.45. The number of carboxylic acids is 1. The molecule has 0 fully saturated rings. The van der Waals surface area contributed by atoms with Crippen molar-refractivity contribution in [3.8, 4) is 0 Å². The van der Waals surface area contributed by atoms with Crippen molar-refractivity contribution in [2.45, 2.75) is 12.3 Å². The molecular weight excluding hydrogens is 231 g/mol. The zero-order valence-electron chi connectivity index (χ0n) is 9.68. The molecule has 0 aliphatic heterocycles. The molecule has 1 unspecified atom stereocenters. The molecule has 0 aromatic heterocycles. The van der Waals surface area contributed by atoms with Crippen molar-refractivity contribution < 1.29 is 14.3 Å². The fourth-order valence-corrected chi connectivity index (χ4v) is 1.88. The van der Waals surface area contributed by atoms with Crippen LogP contribution in [0.3, 0.4) is 0 Å². The number of hydrogen-bond donors (Lipinski definition) is 0. The maximum Gasteiger partial charge on any atom is 0.123 e. The van der Waals surface area contributed by atoms with Crippen LogP contribution in [-0.2, 0) is 11.2 Å². The van der Waals surface area contributed by atoms with Crippen molar-refractivity contribution in [2.24, 2.45) is 0 Å². The van der Waals surface area contributed by atoms with E-state index in [2.05, 4.69) is 0 Å². The molecule has 0 aliphatic rings. The maximum absolute atomic E-state index is 12.8. The van der Waals surface area contributed by atoms with E-state index in [0.29, 0.717) is 12.0 Å². The van der Waals surface area contributed by atoms with Crippen LogP contribution in [0.1, 0.15) is 17.0 Å². The third-order valence-corrected chi connectivity index (χ3v) is 2.84. The Hall–Kier alpha value is -2.16. The molecule has 0 bridgehead atoms. The van der Waals surface area contributed by atoms with Gasteiger partial charge in [0.1, 0.15) is 5.82 Å². The van der Waals surface area contributed by atoms with Crippen molar-refractivity contribution in [2.75, 3.05) is 0 Å². The normalized spacial score (nSPS) is 12.1. The average molecular weight is 243 g/mol. The van der Waals surface area contributed by atoms with Gasteiger partial charge in [-0.05, 0) is 29.7 Å². The van der Waals surface area contributed by atoms with Gasteiger partial charge in [-0.2, -0.15) is 0 Å². The van der Waals surface area contributed by atoms with E-state index >= 15 is 0 Å². The fraction of sp³-hybridized carbons (Fsp3) is 0.133. The van der Waals surface area contributed by atoms with Gasteiger partial charge >= 0.3 is 0 Å². The Labute approximate surface area is 105 Å². The molecule has 3 heteroatoms. The summed E-state index contributed by atoms with van der Waals surface area (Å²) in [5.41, 5.74) is 1.47. The van der Waals surface area contributed by atoms with Crippen molar-refractivity contribution in [3.05, 3.63) is 71.5 Å². The van der Waals surface area contributed by atoms with Gasteiger partial charge in [-0.15, -0.1) is 0 Å². The van der Waals surface area contributed by atoms with E-state index in [1.807, 2.05) is 30.3 Å². The monoisotopic (exact) mass is 243 g/mol. The number of aliphatic carboxylic acids is 1. The largest absolute Gasteiger partial charge is 0.549 e. The molecular formula is C15H12FO2-. The van der Waals surface area contributed by atoms with Gasteiger partial charge in [0.15, 0.2) is 0 Å². The first kappa shape index (κ1) is 12.3. The summed E-state index contributed by atoms with van der Waals surface area (Å²) in [7, 11) is 0. The highest BCUT2D eigenvalue weighted by atomic mass is 19.1. The minimum Gasteiger partial charge on any atom is -0.549 e. The van der Waals surface area contributed by atoms with Gasteiger partial charge < -0.3 is 9.90 Å². The first-order valence-electron chi connectivity index (χ1n) is 5.67. The minimum atomic E-state index is -1.15. The van der Waals surface area contributed by atoms with Crippen molar-refractivity contribution in [1.82, 2.24) is 0 Å². The van der Waals surface area contributed by atoms with Crippen LogP contribution in [0.4, 0.5) is 4.39 Å². The van der Waals surface area contributed by atoms with Crippen LogP contribution in [0.2, 0.25) is 0 Å². The summed E-state index contributed by atoms with van der Waals surface area (Å²) in [4.78, 5) is 11.2. The highest BCUT2D eigenvalue weighted by Crippen LogP contribution is 2.20. The summed E-state index contributed by atoms with van der Waals surface area (Å²) in [6.07, 6.45) is 0.342. The van der Waals surface area contributed by atoms with Gasteiger partial charge in [0.2, 0.25) is 0 Å². The fourth-order valence-electron chi connectivity index (χ4n) is 1.88. The van der Waals surface area contributed by atoms with Crippen LogP contribution < -0.4 is 5.11 Å². The number of hydrogen-bond acceptors (Lipinski definition) is 2. The van der Waals surface area contributed by atoms with Gasteiger partial charge in [0.25, 0.3) is 0 Å². The molecule has 0 saturated heterocycles. The minimum absolute atomic E-state index is 0.342. The molecule has 92 valence electrons.